The van der Waals surface area contributed by atoms with Gasteiger partial charge in [-0.1, -0.05) is 72.4 Å². The quantitative estimate of drug-likeness (QED) is 0.318. The van der Waals surface area contributed by atoms with Gasteiger partial charge in [0.1, 0.15) is 23.6 Å². The molecule has 0 bridgehead atoms. The summed E-state index contributed by atoms with van der Waals surface area (Å²) >= 11 is 0. The molecule has 6 N–H and O–H groups in total. The molecule has 1 aromatic rings. The highest BCUT2D eigenvalue weighted by molar-refractivity contribution is 6.09. The SMILES string of the molecule is CC(C)[C@H]1C(O)[C@@H](C(N)=O)C(=O)[C@]2(O)C(O)[C@H]3C(=O)c4c(O)cccc4[C@@H](C)[C@]3(C)[C@@H](CC(=O)CC3CCCC3)[C@]12C. The van der Waals surface area contributed by atoms with Gasteiger partial charge in [0.05, 0.1) is 17.6 Å². The molecule has 0 aliphatic heterocycles. The Morgan fingerprint density at radius 1 is 1.07 bits per heavy atom. The van der Waals surface area contributed by atoms with Crippen molar-refractivity contribution in [2.45, 2.75) is 96.9 Å². The molecule has 3 fully saturated rings. The van der Waals surface area contributed by atoms with Gasteiger partial charge in [-0.25, -0.2) is 0 Å². The normalized spacial score (nSPS) is 41.8. The maximum atomic E-state index is 14.3. The number of ketones is 3. The fraction of sp³-hybridized carbons (Fsp3) is 0.697. The van der Waals surface area contributed by atoms with Crippen LogP contribution < -0.4 is 5.73 Å². The number of aromatic hydroxyl groups is 1. The van der Waals surface area contributed by atoms with Gasteiger partial charge in [-0.3, -0.25) is 19.2 Å². The van der Waals surface area contributed by atoms with Gasteiger partial charge in [0.25, 0.3) is 0 Å². The molecule has 0 saturated heterocycles. The Morgan fingerprint density at radius 2 is 1.69 bits per heavy atom. The van der Waals surface area contributed by atoms with Crippen LogP contribution in [-0.2, 0) is 14.4 Å². The molecular weight excluding hydrogens is 538 g/mol. The second-order valence-electron chi connectivity index (χ2n) is 14.3. The summed E-state index contributed by atoms with van der Waals surface area (Å²) in [5.74, 6) is -8.84. The third-order valence-corrected chi connectivity index (χ3v) is 12.2. The highest BCUT2D eigenvalue weighted by atomic mass is 16.4. The predicted molar refractivity (Wildman–Crippen MR) is 153 cm³/mol. The van der Waals surface area contributed by atoms with Gasteiger partial charge in [-0.15, -0.1) is 0 Å². The monoisotopic (exact) mass is 583 g/mol. The van der Waals surface area contributed by atoms with E-state index in [1.165, 1.54) is 6.07 Å². The molecule has 9 heteroatoms. The topological polar surface area (TPSA) is 175 Å². The number of carbonyl (C=O) groups is 4. The van der Waals surface area contributed by atoms with Crippen LogP contribution in [0.3, 0.4) is 0 Å². The van der Waals surface area contributed by atoms with E-state index in [2.05, 4.69) is 0 Å². The molecule has 0 radical (unpaired) electrons. The second-order valence-corrected chi connectivity index (χ2v) is 14.3. The third-order valence-electron chi connectivity index (χ3n) is 12.2. The molecular formula is C33H45NO8. The van der Waals surface area contributed by atoms with E-state index >= 15 is 0 Å². The molecule has 9 nitrogen and oxygen atoms in total. The lowest BCUT2D eigenvalue weighted by atomic mass is 9.33. The average molecular weight is 584 g/mol. The molecule has 42 heavy (non-hydrogen) atoms. The number of carbonyl (C=O) groups excluding carboxylic acids is 4. The standard InChI is InChI=1S/C33H45NO8/c1-15(2)24-27(38)23(30(34)41)28(39)33(42)29(40)25-26(37)22-19(11-8-12-20(22)36)16(3)31(25,4)21(32(24,33)5)14-18(35)13-17-9-6-7-10-17/h8,11-12,15-17,21,23-25,27,29,36,38,40,42H,6-7,9-10,13-14H2,1-5H3,(H2,34,41)/t16-,21-,23-,24+,25-,27?,29?,31-,32-,33+/m1/s1. The van der Waals surface area contributed by atoms with Crippen LogP contribution >= 0.6 is 0 Å². The van der Waals surface area contributed by atoms with Crippen molar-refractivity contribution in [3.05, 3.63) is 29.3 Å². The summed E-state index contributed by atoms with van der Waals surface area (Å²) in [6.45, 7) is 8.93. The number of nitrogens with two attached hydrogens (primary N) is 1. The summed E-state index contributed by atoms with van der Waals surface area (Å²) in [6.07, 6.45) is 0.716. The number of phenols is 1. The number of benzene rings is 1. The summed E-state index contributed by atoms with van der Waals surface area (Å²) in [5, 5.41) is 47.2. The number of fused-ring (bicyclic) bond motifs is 3. The maximum Gasteiger partial charge on any atom is 0.230 e. The summed E-state index contributed by atoms with van der Waals surface area (Å²) in [7, 11) is 0. The number of phenolic OH excluding ortho intramolecular Hbond substituents is 1. The third kappa shape index (κ3) is 3.85. The molecule has 0 spiro atoms. The van der Waals surface area contributed by atoms with Gasteiger partial charge in [0, 0.05) is 18.3 Å². The van der Waals surface area contributed by atoms with Gasteiger partial charge < -0.3 is 26.2 Å². The number of amides is 1. The van der Waals surface area contributed by atoms with Crippen molar-refractivity contribution >= 4 is 23.3 Å². The molecule has 0 heterocycles. The van der Waals surface area contributed by atoms with E-state index in [9.17, 15) is 39.6 Å². The fourth-order valence-corrected chi connectivity index (χ4v) is 10.2. The van der Waals surface area contributed by atoms with Gasteiger partial charge in [0.15, 0.2) is 17.2 Å². The molecule has 1 amide bonds. The zero-order valence-corrected chi connectivity index (χ0v) is 25.2. The summed E-state index contributed by atoms with van der Waals surface area (Å²) < 4.78 is 0. The molecule has 230 valence electrons. The van der Waals surface area contributed by atoms with E-state index < -0.39 is 81.6 Å². The van der Waals surface area contributed by atoms with Crippen LogP contribution in [-0.4, -0.2) is 61.5 Å². The van der Waals surface area contributed by atoms with Gasteiger partial charge in [-0.05, 0) is 46.6 Å². The van der Waals surface area contributed by atoms with Crippen molar-refractivity contribution < 1.29 is 39.6 Å². The zero-order chi connectivity index (χ0) is 31.1. The molecule has 10 atom stereocenters. The van der Waals surface area contributed by atoms with Crippen LogP contribution in [0.15, 0.2) is 18.2 Å². The van der Waals surface area contributed by atoms with Crippen LogP contribution in [0.5, 0.6) is 5.75 Å². The minimum absolute atomic E-state index is 0.0184. The Balaban J connectivity index is 1.79. The maximum absolute atomic E-state index is 14.3. The van der Waals surface area contributed by atoms with Crippen molar-refractivity contribution in [3.8, 4) is 5.75 Å². The van der Waals surface area contributed by atoms with E-state index in [0.717, 1.165) is 25.7 Å². The van der Waals surface area contributed by atoms with Gasteiger partial charge in [0.2, 0.25) is 5.91 Å². The van der Waals surface area contributed by atoms with E-state index in [1.807, 2.05) is 13.8 Å². The first-order valence-corrected chi connectivity index (χ1v) is 15.4. The number of aliphatic hydroxyl groups is 3. The van der Waals surface area contributed by atoms with E-state index in [0.29, 0.717) is 12.0 Å². The van der Waals surface area contributed by atoms with Crippen LogP contribution in [0.2, 0.25) is 0 Å². The Hall–Kier alpha value is -2.62. The van der Waals surface area contributed by atoms with E-state index in [-0.39, 0.29) is 29.4 Å². The van der Waals surface area contributed by atoms with Gasteiger partial charge in [-0.2, -0.15) is 0 Å². The Morgan fingerprint density at radius 3 is 2.26 bits per heavy atom. The lowest BCUT2D eigenvalue weighted by Crippen LogP contribution is -2.82. The smallest absolute Gasteiger partial charge is 0.230 e. The minimum Gasteiger partial charge on any atom is -0.507 e. The molecule has 4 aliphatic rings. The molecule has 2 unspecified atom stereocenters. The highest BCUT2D eigenvalue weighted by Crippen LogP contribution is 2.71. The Kier molecular flexibility index (Phi) is 7.51. The summed E-state index contributed by atoms with van der Waals surface area (Å²) in [6, 6.07) is 4.76. The number of rotatable bonds is 6. The number of hydrogen-bond acceptors (Lipinski definition) is 8. The number of hydrogen-bond donors (Lipinski definition) is 5. The Bertz CT molecular complexity index is 1320. The van der Waals surface area contributed by atoms with Crippen LogP contribution in [0, 0.1) is 46.3 Å². The first kappa shape index (κ1) is 30.8. The van der Waals surface area contributed by atoms with Gasteiger partial charge >= 0.3 is 0 Å². The van der Waals surface area contributed by atoms with Crippen LogP contribution in [0.4, 0.5) is 0 Å². The highest BCUT2D eigenvalue weighted by Gasteiger charge is 2.80. The minimum atomic E-state index is -2.68. The lowest BCUT2D eigenvalue weighted by molar-refractivity contribution is -0.292. The fourth-order valence-electron chi connectivity index (χ4n) is 10.2. The van der Waals surface area contributed by atoms with Crippen LogP contribution in [0.1, 0.15) is 95.0 Å². The van der Waals surface area contributed by atoms with Crippen molar-refractivity contribution in [2.24, 2.45) is 52.1 Å². The van der Waals surface area contributed by atoms with Crippen LogP contribution in [0.25, 0.3) is 0 Å². The average Bonchev–Trinajstić information content (AvgIpc) is 3.40. The summed E-state index contributed by atoms with van der Waals surface area (Å²) in [4.78, 5) is 55.0. The first-order valence-electron chi connectivity index (χ1n) is 15.4. The molecule has 5 rings (SSSR count). The number of primary amides is 1. The molecule has 4 aliphatic carbocycles. The van der Waals surface area contributed by atoms with E-state index in [1.54, 1.807) is 32.9 Å². The van der Waals surface area contributed by atoms with Crippen molar-refractivity contribution in [3.63, 3.8) is 0 Å². The molecule has 1 aromatic carbocycles. The second kappa shape index (κ2) is 10.2. The number of aliphatic hydroxyl groups excluding tert-OH is 2. The largest absolute Gasteiger partial charge is 0.507 e. The molecule has 3 saturated carbocycles. The lowest BCUT2D eigenvalue weighted by Gasteiger charge is -2.71. The summed E-state index contributed by atoms with van der Waals surface area (Å²) in [5.41, 5.74) is 0.718. The number of Topliss-reactive ketones (excluding diaryl/α,β-unsaturated/α-hetero) is 3. The van der Waals surface area contributed by atoms with E-state index in [4.69, 9.17) is 5.73 Å². The molecule has 0 aromatic heterocycles. The first-order chi connectivity index (χ1) is 19.6. The van der Waals surface area contributed by atoms with Crippen molar-refractivity contribution in [1.82, 2.24) is 0 Å². The zero-order valence-electron chi connectivity index (χ0n) is 25.2. The van der Waals surface area contributed by atoms with Crippen molar-refractivity contribution in [1.29, 1.82) is 0 Å². The predicted octanol–water partition coefficient (Wildman–Crippen LogP) is 2.90. The Labute approximate surface area is 246 Å². The van der Waals surface area contributed by atoms with Crippen molar-refractivity contribution in [2.75, 3.05) is 0 Å².